The van der Waals surface area contributed by atoms with Crippen LogP contribution in [-0.4, -0.2) is 16.1 Å². The van der Waals surface area contributed by atoms with E-state index < -0.39 is 23.6 Å². The van der Waals surface area contributed by atoms with Crippen molar-refractivity contribution in [3.8, 4) is 11.6 Å². The van der Waals surface area contributed by atoms with Crippen LogP contribution in [0.2, 0.25) is 0 Å². The number of carboxylic acids is 1. The fourth-order valence-corrected chi connectivity index (χ4v) is 1.70. The number of halogens is 3. The molecule has 116 valence electrons. The SMILES string of the molecule is CC(C(=O)O)c1ccc(Oc2ccc(C(F)(F)F)cn2)cc1. The third-order valence-electron chi connectivity index (χ3n) is 3.04. The Hall–Kier alpha value is -2.57. The largest absolute Gasteiger partial charge is 0.481 e. The maximum Gasteiger partial charge on any atom is 0.417 e. The highest BCUT2D eigenvalue weighted by Gasteiger charge is 2.30. The van der Waals surface area contributed by atoms with Gasteiger partial charge in [-0.15, -0.1) is 0 Å². The minimum Gasteiger partial charge on any atom is -0.481 e. The number of benzene rings is 1. The molecule has 2 rings (SSSR count). The molecule has 1 aromatic carbocycles. The fourth-order valence-electron chi connectivity index (χ4n) is 1.70. The molecular formula is C15H12F3NO3. The first-order valence-electron chi connectivity index (χ1n) is 6.31. The van der Waals surface area contributed by atoms with Gasteiger partial charge in [-0.1, -0.05) is 12.1 Å². The lowest BCUT2D eigenvalue weighted by atomic mass is 10.0. The first-order chi connectivity index (χ1) is 10.3. The number of rotatable bonds is 4. The molecule has 4 nitrogen and oxygen atoms in total. The normalized spacial score (nSPS) is 12.7. The first kappa shape index (κ1) is 15.8. The highest BCUT2D eigenvalue weighted by atomic mass is 19.4. The standard InChI is InChI=1S/C15H12F3NO3/c1-9(14(20)21)10-2-5-12(6-3-10)22-13-7-4-11(8-19-13)15(16,17)18/h2-9H,1H3,(H,20,21). The lowest BCUT2D eigenvalue weighted by Crippen LogP contribution is -2.07. The zero-order chi connectivity index (χ0) is 16.3. The van der Waals surface area contributed by atoms with E-state index in [1.807, 2.05) is 0 Å². The van der Waals surface area contributed by atoms with Gasteiger partial charge in [0, 0.05) is 12.3 Å². The topological polar surface area (TPSA) is 59.4 Å². The molecule has 0 aliphatic heterocycles. The van der Waals surface area contributed by atoms with Crippen molar-refractivity contribution in [2.45, 2.75) is 19.0 Å². The zero-order valence-electron chi connectivity index (χ0n) is 11.5. The van der Waals surface area contributed by atoms with Crippen LogP contribution in [0.3, 0.4) is 0 Å². The van der Waals surface area contributed by atoms with E-state index in [-0.39, 0.29) is 5.88 Å². The maximum atomic E-state index is 12.4. The molecule has 0 fully saturated rings. The Labute approximate surface area is 124 Å². The Balaban J connectivity index is 2.09. The fraction of sp³-hybridized carbons (Fsp3) is 0.200. The number of aromatic nitrogens is 1. The van der Waals surface area contributed by atoms with Crippen LogP contribution in [0.15, 0.2) is 42.6 Å². The molecule has 0 spiro atoms. The number of ether oxygens (including phenoxy) is 1. The summed E-state index contributed by atoms with van der Waals surface area (Å²) in [5.74, 6) is -1.23. The predicted molar refractivity (Wildman–Crippen MR) is 71.8 cm³/mol. The number of carbonyl (C=O) groups is 1. The van der Waals surface area contributed by atoms with Gasteiger partial charge in [-0.05, 0) is 30.7 Å². The van der Waals surface area contributed by atoms with Gasteiger partial charge in [0.25, 0.3) is 0 Å². The molecule has 22 heavy (non-hydrogen) atoms. The first-order valence-corrected chi connectivity index (χ1v) is 6.31. The van der Waals surface area contributed by atoms with Crippen LogP contribution in [0.1, 0.15) is 24.0 Å². The van der Waals surface area contributed by atoms with Gasteiger partial charge in [0.1, 0.15) is 5.75 Å². The van der Waals surface area contributed by atoms with E-state index >= 15 is 0 Å². The van der Waals surface area contributed by atoms with Crippen LogP contribution in [0.4, 0.5) is 13.2 Å². The lowest BCUT2D eigenvalue weighted by molar-refractivity contribution is -0.139. The quantitative estimate of drug-likeness (QED) is 0.924. The predicted octanol–water partition coefficient (Wildman–Crippen LogP) is 4.08. The number of hydrogen-bond acceptors (Lipinski definition) is 3. The van der Waals surface area contributed by atoms with Crippen molar-refractivity contribution >= 4 is 5.97 Å². The number of carboxylic acid groups (broad SMARTS) is 1. The monoisotopic (exact) mass is 311 g/mol. The second-order valence-electron chi connectivity index (χ2n) is 4.61. The van der Waals surface area contributed by atoms with Gasteiger partial charge in [-0.2, -0.15) is 13.2 Å². The van der Waals surface area contributed by atoms with Crippen molar-refractivity contribution in [3.05, 3.63) is 53.7 Å². The highest BCUT2D eigenvalue weighted by Crippen LogP contribution is 2.30. The minimum absolute atomic E-state index is 0.0204. The Morgan fingerprint density at radius 1 is 1.18 bits per heavy atom. The Morgan fingerprint density at radius 3 is 2.27 bits per heavy atom. The van der Waals surface area contributed by atoms with Gasteiger partial charge in [-0.3, -0.25) is 4.79 Å². The molecule has 0 radical (unpaired) electrons. The molecule has 0 amide bonds. The molecule has 0 saturated heterocycles. The van der Waals surface area contributed by atoms with E-state index in [1.54, 1.807) is 19.1 Å². The zero-order valence-corrected chi connectivity index (χ0v) is 11.5. The van der Waals surface area contributed by atoms with Crippen molar-refractivity contribution in [3.63, 3.8) is 0 Å². The second-order valence-corrected chi connectivity index (χ2v) is 4.61. The van der Waals surface area contributed by atoms with E-state index in [1.165, 1.54) is 12.1 Å². The second kappa shape index (κ2) is 6.05. The van der Waals surface area contributed by atoms with Gasteiger partial charge < -0.3 is 9.84 Å². The molecule has 1 unspecified atom stereocenters. The number of aliphatic carboxylic acids is 1. The van der Waals surface area contributed by atoms with Crippen molar-refractivity contribution in [1.29, 1.82) is 0 Å². The molecule has 0 aliphatic carbocycles. The van der Waals surface area contributed by atoms with Crippen LogP contribution in [0, 0.1) is 0 Å². The van der Waals surface area contributed by atoms with E-state index in [4.69, 9.17) is 9.84 Å². The number of alkyl halides is 3. The molecule has 1 atom stereocenters. The smallest absolute Gasteiger partial charge is 0.417 e. The van der Waals surface area contributed by atoms with Crippen molar-refractivity contribution in [2.24, 2.45) is 0 Å². The summed E-state index contributed by atoms with van der Waals surface area (Å²) in [6, 6.07) is 8.23. The minimum atomic E-state index is -4.44. The summed E-state index contributed by atoms with van der Waals surface area (Å²) in [7, 11) is 0. The number of hydrogen-bond donors (Lipinski definition) is 1. The van der Waals surface area contributed by atoms with E-state index in [2.05, 4.69) is 4.98 Å². The van der Waals surface area contributed by atoms with Gasteiger partial charge in [0.2, 0.25) is 5.88 Å². The summed E-state index contributed by atoms with van der Waals surface area (Å²) < 4.78 is 42.5. The highest BCUT2D eigenvalue weighted by molar-refractivity contribution is 5.75. The molecule has 1 aromatic heterocycles. The van der Waals surface area contributed by atoms with Crippen LogP contribution >= 0.6 is 0 Å². The molecular weight excluding hydrogens is 299 g/mol. The molecule has 7 heteroatoms. The Kier molecular flexibility index (Phi) is 4.35. The number of pyridine rings is 1. The Bertz CT molecular complexity index is 651. The van der Waals surface area contributed by atoms with Crippen LogP contribution in [-0.2, 0) is 11.0 Å². The molecule has 1 heterocycles. The third-order valence-corrected chi connectivity index (χ3v) is 3.04. The summed E-state index contributed by atoms with van der Waals surface area (Å²) in [5.41, 5.74) is -0.259. The number of nitrogens with zero attached hydrogens (tertiary/aromatic N) is 1. The van der Waals surface area contributed by atoms with E-state index in [9.17, 15) is 18.0 Å². The maximum absolute atomic E-state index is 12.4. The Morgan fingerprint density at radius 2 is 1.82 bits per heavy atom. The summed E-state index contributed by atoms with van der Waals surface area (Å²) in [6.07, 6.45) is -3.75. The van der Waals surface area contributed by atoms with Gasteiger partial charge in [0.05, 0.1) is 11.5 Å². The average Bonchev–Trinajstić information content (AvgIpc) is 2.47. The van der Waals surface area contributed by atoms with Gasteiger partial charge >= 0.3 is 12.1 Å². The van der Waals surface area contributed by atoms with Crippen LogP contribution in [0.5, 0.6) is 11.6 Å². The third kappa shape index (κ3) is 3.75. The molecule has 2 aromatic rings. The van der Waals surface area contributed by atoms with E-state index in [0.29, 0.717) is 17.5 Å². The van der Waals surface area contributed by atoms with Gasteiger partial charge in [-0.25, -0.2) is 4.98 Å². The van der Waals surface area contributed by atoms with Crippen molar-refractivity contribution in [1.82, 2.24) is 4.98 Å². The summed E-state index contributed by atoms with van der Waals surface area (Å²) >= 11 is 0. The van der Waals surface area contributed by atoms with Gasteiger partial charge in [0.15, 0.2) is 0 Å². The molecule has 0 aliphatic rings. The summed E-state index contributed by atoms with van der Waals surface area (Å²) in [4.78, 5) is 14.4. The molecule has 0 bridgehead atoms. The van der Waals surface area contributed by atoms with Crippen LogP contribution < -0.4 is 4.74 Å². The van der Waals surface area contributed by atoms with Crippen molar-refractivity contribution in [2.75, 3.05) is 0 Å². The van der Waals surface area contributed by atoms with E-state index in [0.717, 1.165) is 12.1 Å². The summed E-state index contributed by atoms with van der Waals surface area (Å²) in [5, 5.41) is 8.90. The summed E-state index contributed by atoms with van der Waals surface area (Å²) in [6.45, 7) is 1.55. The van der Waals surface area contributed by atoms with Crippen molar-refractivity contribution < 1.29 is 27.8 Å². The lowest BCUT2D eigenvalue weighted by Gasteiger charge is -2.09. The van der Waals surface area contributed by atoms with Crippen LogP contribution in [0.25, 0.3) is 0 Å². The molecule has 0 saturated carbocycles. The average molecular weight is 311 g/mol. The molecule has 1 N–H and O–H groups in total.